The van der Waals surface area contributed by atoms with Gasteiger partial charge in [-0.2, -0.15) is 11.8 Å². The summed E-state index contributed by atoms with van der Waals surface area (Å²) in [5.41, 5.74) is 6.20. The Morgan fingerprint density at radius 3 is 2.76 bits per heavy atom. The topological polar surface area (TPSA) is 81.8 Å². The normalized spacial score (nSPS) is 17.2. The maximum Gasteiger partial charge on any atom is 0.312 e. The molecule has 0 bridgehead atoms. The Balaban J connectivity index is 2.33. The zero-order valence-corrected chi connectivity index (χ0v) is 12.9. The van der Waals surface area contributed by atoms with Crippen molar-refractivity contribution in [1.29, 1.82) is 0 Å². The number of rotatable bonds is 6. The first-order valence-corrected chi connectivity index (χ1v) is 8.17. The number of aliphatic carboxylic acids is 1. The van der Waals surface area contributed by atoms with Crippen molar-refractivity contribution < 1.29 is 19.4 Å². The maximum atomic E-state index is 11.4. The molecular formula is C15H21NO4S. The van der Waals surface area contributed by atoms with Gasteiger partial charge >= 0.3 is 5.97 Å². The maximum absolute atomic E-state index is 11.4. The van der Waals surface area contributed by atoms with Gasteiger partial charge in [0.2, 0.25) is 0 Å². The van der Waals surface area contributed by atoms with Crippen molar-refractivity contribution in [1.82, 2.24) is 0 Å². The SMILES string of the molecule is COc1cccc(C(CN)C(=O)O)c1OC1CCSCC1. The molecule has 6 heteroatoms. The van der Waals surface area contributed by atoms with Crippen molar-refractivity contribution in [3.05, 3.63) is 23.8 Å². The molecule has 5 nitrogen and oxygen atoms in total. The van der Waals surface area contributed by atoms with E-state index in [1.807, 2.05) is 11.8 Å². The molecule has 116 valence electrons. The number of carboxylic acids is 1. The second-order valence-electron chi connectivity index (χ2n) is 4.93. The van der Waals surface area contributed by atoms with Gasteiger partial charge in [-0.3, -0.25) is 4.79 Å². The predicted octanol–water partition coefficient (Wildman–Crippen LogP) is 2.10. The van der Waals surface area contributed by atoms with Crippen molar-refractivity contribution in [3.8, 4) is 11.5 Å². The molecule has 2 rings (SSSR count). The Bertz CT molecular complexity index is 489. The molecule has 1 saturated heterocycles. The molecule has 0 amide bonds. The molecule has 1 aliphatic heterocycles. The molecule has 1 unspecified atom stereocenters. The number of hydrogen-bond donors (Lipinski definition) is 2. The van der Waals surface area contributed by atoms with E-state index in [4.69, 9.17) is 15.2 Å². The number of carbonyl (C=O) groups is 1. The summed E-state index contributed by atoms with van der Waals surface area (Å²) in [7, 11) is 1.56. The minimum atomic E-state index is -0.949. The van der Waals surface area contributed by atoms with Gasteiger partial charge in [-0.05, 0) is 30.4 Å². The van der Waals surface area contributed by atoms with Gasteiger partial charge in [0.1, 0.15) is 6.10 Å². The number of para-hydroxylation sites is 1. The zero-order chi connectivity index (χ0) is 15.2. The molecular weight excluding hydrogens is 290 g/mol. The highest BCUT2D eigenvalue weighted by Crippen LogP contribution is 2.37. The van der Waals surface area contributed by atoms with Gasteiger partial charge in [-0.1, -0.05) is 12.1 Å². The quantitative estimate of drug-likeness (QED) is 0.837. The summed E-state index contributed by atoms with van der Waals surface area (Å²) in [6, 6.07) is 5.30. The number of benzene rings is 1. The second-order valence-corrected chi connectivity index (χ2v) is 6.16. The predicted molar refractivity (Wildman–Crippen MR) is 83.4 cm³/mol. The number of ether oxygens (including phenoxy) is 2. The van der Waals surface area contributed by atoms with E-state index >= 15 is 0 Å². The Labute approximate surface area is 128 Å². The molecule has 1 aromatic rings. The molecule has 3 N–H and O–H groups in total. The van der Waals surface area contributed by atoms with E-state index in [2.05, 4.69) is 0 Å². The van der Waals surface area contributed by atoms with Crippen LogP contribution in [0.3, 0.4) is 0 Å². The summed E-state index contributed by atoms with van der Waals surface area (Å²) in [4.78, 5) is 11.4. The first kappa shape index (κ1) is 16.0. The van der Waals surface area contributed by atoms with E-state index in [1.165, 1.54) is 0 Å². The molecule has 1 heterocycles. The average Bonchev–Trinajstić information content (AvgIpc) is 2.50. The summed E-state index contributed by atoms with van der Waals surface area (Å²) in [5, 5.41) is 9.34. The van der Waals surface area contributed by atoms with Crippen LogP contribution in [0.15, 0.2) is 18.2 Å². The average molecular weight is 311 g/mol. The lowest BCUT2D eigenvalue weighted by Crippen LogP contribution is -2.26. The van der Waals surface area contributed by atoms with Crippen LogP contribution in [-0.4, -0.2) is 42.3 Å². The van der Waals surface area contributed by atoms with Crippen LogP contribution in [0.5, 0.6) is 11.5 Å². The Hall–Kier alpha value is -1.40. The van der Waals surface area contributed by atoms with Gasteiger partial charge in [0.15, 0.2) is 11.5 Å². The minimum absolute atomic E-state index is 0.0272. The summed E-state index contributed by atoms with van der Waals surface area (Å²) in [6.07, 6.45) is 2.03. The van der Waals surface area contributed by atoms with Crippen molar-refractivity contribution in [2.24, 2.45) is 5.73 Å². The van der Waals surface area contributed by atoms with Crippen molar-refractivity contribution >= 4 is 17.7 Å². The van der Waals surface area contributed by atoms with Gasteiger partial charge in [0.05, 0.1) is 13.0 Å². The van der Waals surface area contributed by atoms with Crippen LogP contribution in [0.2, 0.25) is 0 Å². The van der Waals surface area contributed by atoms with Gasteiger partial charge < -0.3 is 20.3 Å². The van der Waals surface area contributed by atoms with E-state index in [9.17, 15) is 9.90 Å². The zero-order valence-electron chi connectivity index (χ0n) is 12.1. The van der Waals surface area contributed by atoms with Gasteiger partial charge in [-0.25, -0.2) is 0 Å². The highest BCUT2D eigenvalue weighted by molar-refractivity contribution is 7.99. The first-order valence-electron chi connectivity index (χ1n) is 7.01. The van der Waals surface area contributed by atoms with Crippen molar-refractivity contribution in [2.75, 3.05) is 25.2 Å². The number of hydrogen-bond acceptors (Lipinski definition) is 5. The summed E-state index contributed by atoms with van der Waals surface area (Å²) < 4.78 is 11.4. The number of nitrogens with two attached hydrogens (primary N) is 1. The standard InChI is InChI=1S/C15H21NO4S/c1-19-13-4-2-3-11(12(9-16)15(17)18)14(13)20-10-5-7-21-8-6-10/h2-4,10,12H,5-9,16H2,1H3,(H,17,18). The highest BCUT2D eigenvalue weighted by atomic mass is 32.2. The number of thioether (sulfide) groups is 1. The van der Waals surface area contributed by atoms with Crippen LogP contribution >= 0.6 is 11.8 Å². The smallest absolute Gasteiger partial charge is 0.312 e. The minimum Gasteiger partial charge on any atom is -0.493 e. The third kappa shape index (κ3) is 3.83. The van der Waals surface area contributed by atoms with Crippen LogP contribution in [-0.2, 0) is 4.79 Å². The molecule has 1 atom stereocenters. The third-order valence-corrected chi connectivity index (χ3v) is 4.64. The highest BCUT2D eigenvalue weighted by Gasteiger charge is 2.26. The molecule has 0 aromatic heterocycles. The fraction of sp³-hybridized carbons (Fsp3) is 0.533. The first-order chi connectivity index (χ1) is 10.2. The summed E-state index contributed by atoms with van der Waals surface area (Å²) in [5.74, 6) is 1.48. The summed E-state index contributed by atoms with van der Waals surface area (Å²) >= 11 is 1.91. The third-order valence-electron chi connectivity index (χ3n) is 3.59. The molecule has 0 radical (unpaired) electrons. The fourth-order valence-electron chi connectivity index (χ4n) is 2.42. The molecule has 1 aromatic carbocycles. The van der Waals surface area contributed by atoms with Crippen LogP contribution in [0.1, 0.15) is 24.3 Å². The van der Waals surface area contributed by atoms with Crippen LogP contribution in [0, 0.1) is 0 Å². The lowest BCUT2D eigenvalue weighted by Gasteiger charge is -2.26. The molecule has 1 fully saturated rings. The fourth-order valence-corrected chi connectivity index (χ4v) is 3.48. The number of carboxylic acid groups (broad SMARTS) is 1. The van der Waals surface area contributed by atoms with Crippen LogP contribution in [0.4, 0.5) is 0 Å². The largest absolute Gasteiger partial charge is 0.493 e. The lowest BCUT2D eigenvalue weighted by molar-refractivity contribution is -0.138. The summed E-state index contributed by atoms with van der Waals surface area (Å²) in [6.45, 7) is 0.0272. The van der Waals surface area contributed by atoms with E-state index < -0.39 is 11.9 Å². The monoisotopic (exact) mass is 311 g/mol. The Kier molecular flexibility index (Phi) is 5.76. The lowest BCUT2D eigenvalue weighted by atomic mass is 9.97. The van der Waals surface area contributed by atoms with Gasteiger partial charge in [-0.15, -0.1) is 0 Å². The van der Waals surface area contributed by atoms with Crippen molar-refractivity contribution in [3.63, 3.8) is 0 Å². The van der Waals surface area contributed by atoms with E-state index in [-0.39, 0.29) is 12.6 Å². The Morgan fingerprint density at radius 1 is 1.48 bits per heavy atom. The van der Waals surface area contributed by atoms with E-state index in [0.29, 0.717) is 17.1 Å². The van der Waals surface area contributed by atoms with Gasteiger partial charge in [0.25, 0.3) is 0 Å². The Morgan fingerprint density at radius 2 is 2.19 bits per heavy atom. The molecule has 0 aliphatic carbocycles. The van der Waals surface area contributed by atoms with Crippen LogP contribution in [0.25, 0.3) is 0 Å². The van der Waals surface area contributed by atoms with Crippen LogP contribution < -0.4 is 15.2 Å². The molecule has 0 spiro atoms. The second kappa shape index (κ2) is 7.56. The molecule has 21 heavy (non-hydrogen) atoms. The molecule has 0 saturated carbocycles. The number of methoxy groups -OCH3 is 1. The van der Waals surface area contributed by atoms with E-state index in [1.54, 1.807) is 25.3 Å². The molecule has 1 aliphatic rings. The van der Waals surface area contributed by atoms with Crippen molar-refractivity contribution in [2.45, 2.75) is 24.9 Å². The van der Waals surface area contributed by atoms with Gasteiger partial charge in [0, 0.05) is 12.1 Å². The van der Waals surface area contributed by atoms with E-state index in [0.717, 1.165) is 24.3 Å².